The molecule has 0 atom stereocenters. The number of hydrogen-bond acceptors (Lipinski definition) is 5. The number of aliphatic imine (C=N–C) groups is 1. The SMILES string of the molecule is C=CC(=O)OCCOCCCCCN=C=O. The quantitative estimate of drug-likeness (QED) is 0.185. The zero-order valence-corrected chi connectivity index (χ0v) is 9.31. The van der Waals surface area contributed by atoms with Crippen molar-refractivity contribution in [3.8, 4) is 0 Å². The zero-order valence-electron chi connectivity index (χ0n) is 9.31. The molecule has 0 aliphatic carbocycles. The maximum Gasteiger partial charge on any atom is 0.330 e. The summed E-state index contributed by atoms with van der Waals surface area (Å²) in [5.74, 6) is -0.435. The molecule has 0 aromatic carbocycles. The molecule has 0 unspecified atom stereocenters. The van der Waals surface area contributed by atoms with Crippen molar-refractivity contribution in [1.82, 2.24) is 0 Å². The predicted octanol–water partition coefficient (Wildman–Crippen LogP) is 1.24. The Morgan fingerprint density at radius 1 is 1.25 bits per heavy atom. The fourth-order valence-electron chi connectivity index (χ4n) is 0.980. The normalized spacial score (nSPS) is 9.25. The standard InChI is InChI=1S/C11H17NO4/c1-2-11(14)16-9-8-15-7-5-3-4-6-12-10-13/h2H,1,3-9H2. The topological polar surface area (TPSA) is 65.0 Å². The van der Waals surface area contributed by atoms with Crippen molar-refractivity contribution in [1.29, 1.82) is 0 Å². The Morgan fingerprint density at radius 3 is 2.75 bits per heavy atom. The van der Waals surface area contributed by atoms with Crippen LogP contribution in [0.15, 0.2) is 17.6 Å². The third kappa shape index (κ3) is 10.6. The van der Waals surface area contributed by atoms with Crippen LogP contribution in [-0.4, -0.2) is 38.4 Å². The molecule has 0 fully saturated rings. The minimum absolute atomic E-state index is 0.250. The van der Waals surface area contributed by atoms with Crippen molar-refractivity contribution in [2.45, 2.75) is 19.3 Å². The molecule has 0 heterocycles. The molecular formula is C11H17NO4. The molecule has 0 rings (SSSR count). The van der Waals surface area contributed by atoms with Gasteiger partial charge in [0.1, 0.15) is 6.61 Å². The monoisotopic (exact) mass is 227 g/mol. The van der Waals surface area contributed by atoms with Crippen LogP contribution in [0.3, 0.4) is 0 Å². The van der Waals surface area contributed by atoms with E-state index in [1.165, 1.54) is 6.08 Å². The van der Waals surface area contributed by atoms with E-state index in [1.54, 1.807) is 0 Å². The molecule has 0 spiro atoms. The summed E-state index contributed by atoms with van der Waals surface area (Å²) in [6.07, 6.45) is 5.34. The second-order valence-electron chi connectivity index (χ2n) is 3.02. The fraction of sp³-hybridized carbons (Fsp3) is 0.636. The molecule has 16 heavy (non-hydrogen) atoms. The lowest BCUT2D eigenvalue weighted by atomic mass is 10.2. The third-order valence-electron chi connectivity index (χ3n) is 1.76. The van der Waals surface area contributed by atoms with Gasteiger partial charge in [0.25, 0.3) is 0 Å². The van der Waals surface area contributed by atoms with Gasteiger partial charge in [0.2, 0.25) is 6.08 Å². The second kappa shape index (κ2) is 11.6. The Morgan fingerprint density at radius 2 is 2.06 bits per heavy atom. The summed E-state index contributed by atoms with van der Waals surface area (Å²) >= 11 is 0. The molecule has 0 aromatic heterocycles. The summed E-state index contributed by atoms with van der Waals surface area (Å²) in [4.78, 5) is 23.8. The second-order valence-corrected chi connectivity index (χ2v) is 3.02. The lowest BCUT2D eigenvalue weighted by Crippen LogP contribution is -2.08. The highest BCUT2D eigenvalue weighted by molar-refractivity contribution is 5.81. The summed E-state index contributed by atoms with van der Waals surface area (Å²) in [7, 11) is 0. The van der Waals surface area contributed by atoms with Gasteiger partial charge in [0, 0.05) is 12.7 Å². The van der Waals surface area contributed by atoms with E-state index in [-0.39, 0.29) is 6.61 Å². The van der Waals surface area contributed by atoms with Crippen LogP contribution >= 0.6 is 0 Å². The van der Waals surface area contributed by atoms with E-state index in [9.17, 15) is 9.59 Å². The number of carbonyl (C=O) groups is 1. The molecule has 0 saturated carbocycles. The number of rotatable bonds is 10. The number of esters is 1. The fourth-order valence-corrected chi connectivity index (χ4v) is 0.980. The van der Waals surface area contributed by atoms with Crippen LogP contribution in [-0.2, 0) is 19.1 Å². The molecule has 0 aliphatic rings. The first-order valence-electron chi connectivity index (χ1n) is 5.22. The van der Waals surface area contributed by atoms with Crippen LogP contribution in [0, 0.1) is 0 Å². The first-order chi connectivity index (χ1) is 7.81. The summed E-state index contributed by atoms with van der Waals surface area (Å²) in [5.41, 5.74) is 0. The Bertz CT molecular complexity index is 246. The molecule has 90 valence electrons. The van der Waals surface area contributed by atoms with Crippen LogP contribution in [0.25, 0.3) is 0 Å². The molecule has 0 N–H and O–H groups in total. The average molecular weight is 227 g/mol. The van der Waals surface area contributed by atoms with Crippen molar-refractivity contribution in [2.24, 2.45) is 4.99 Å². The van der Waals surface area contributed by atoms with Crippen LogP contribution in [0.5, 0.6) is 0 Å². The maximum atomic E-state index is 10.6. The number of nitrogens with zero attached hydrogens (tertiary/aromatic N) is 1. The van der Waals surface area contributed by atoms with Crippen LogP contribution in [0.4, 0.5) is 0 Å². The largest absolute Gasteiger partial charge is 0.460 e. The van der Waals surface area contributed by atoms with E-state index in [0.717, 1.165) is 25.3 Å². The molecule has 0 amide bonds. The van der Waals surface area contributed by atoms with Gasteiger partial charge in [-0.3, -0.25) is 0 Å². The Kier molecular flexibility index (Phi) is 10.6. The van der Waals surface area contributed by atoms with Gasteiger partial charge in [-0.2, -0.15) is 0 Å². The van der Waals surface area contributed by atoms with E-state index in [4.69, 9.17) is 9.47 Å². The summed E-state index contributed by atoms with van der Waals surface area (Å²) in [6, 6.07) is 0. The van der Waals surface area contributed by atoms with Crippen molar-refractivity contribution in [3.05, 3.63) is 12.7 Å². The lowest BCUT2D eigenvalue weighted by molar-refractivity contribution is -0.139. The smallest absolute Gasteiger partial charge is 0.330 e. The van der Waals surface area contributed by atoms with Crippen molar-refractivity contribution < 1.29 is 19.1 Å². The predicted molar refractivity (Wildman–Crippen MR) is 58.8 cm³/mol. The Labute approximate surface area is 95.1 Å². The average Bonchev–Trinajstić information content (AvgIpc) is 2.31. The first-order valence-corrected chi connectivity index (χ1v) is 5.22. The van der Waals surface area contributed by atoms with E-state index < -0.39 is 5.97 Å². The summed E-state index contributed by atoms with van der Waals surface area (Å²) in [6.45, 7) is 5.07. The summed E-state index contributed by atoms with van der Waals surface area (Å²) < 4.78 is 9.93. The molecule has 0 radical (unpaired) electrons. The van der Waals surface area contributed by atoms with Gasteiger partial charge in [-0.05, 0) is 19.3 Å². The van der Waals surface area contributed by atoms with E-state index in [1.807, 2.05) is 0 Å². The van der Waals surface area contributed by atoms with Crippen molar-refractivity contribution >= 4 is 12.0 Å². The number of carbonyl (C=O) groups excluding carboxylic acids is 2. The highest BCUT2D eigenvalue weighted by Crippen LogP contribution is 1.96. The van der Waals surface area contributed by atoms with Gasteiger partial charge in [-0.25, -0.2) is 14.6 Å². The van der Waals surface area contributed by atoms with Gasteiger partial charge in [-0.15, -0.1) is 0 Å². The molecular weight excluding hydrogens is 210 g/mol. The van der Waals surface area contributed by atoms with Crippen LogP contribution in [0.2, 0.25) is 0 Å². The van der Waals surface area contributed by atoms with E-state index in [0.29, 0.717) is 19.8 Å². The van der Waals surface area contributed by atoms with E-state index >= 15 is 0 Å². The zero-order chi connectivity index (χ0) is 12.1. The highest BCUT2D eigenvalue weighted by Gasteiger charge is 1.94. The lowest BCUT2D eigenvalue weighted by Gasteiger charge is -2.03. The number of unbranched alkanes of at least 4 members (excludes halogenated alkanes) is 2. The minimum Gasteiger partial charge on any atom is -0.460 e. The van der Waals surface area contributed by atoms with Gasteiger partial charge in [0.15, 0.2) is 0 Å². The van der Waals surface area contributed by atoms with Crippen LogP contribution < -0.4 is 0 Å². The molecule has 0 bridgehead atoms. The summed E-state index contributed by atoms with van der Waals surface area (Å²) in [5, 5.41) is 0. The van der Waals surface area contributed by atoms with Crippen molar-refractivity contribution in [3.63, 3.8) is 0 Å². The minimum atomic E-state index is -0.435. The van der Waals surface area contributed by atoms with Gasteiger partial charge >= 0.3 is 5.97 Å². The molecule has 0 aromatic rings. The highest BCUT2D eigenvalue weighted by atomic mass is 16.6. The number of hydrogen-bond donors (Lipinski definition) is 0. The number of isocyanates is 1. The van der Waals surface area contributed by atoms with Crippen LogP contribution in [0.1, 0.15) is 19.3 Å². The third-order valence-corrected chi connectivity index (χ3v) is 1.76. The van der Waals surface area contributed by atoms with Gasteiger partial charge in [-0.1, -0.05) is 6.58 Å². The molecule has 0 saturated heterocycles. The maximum absolute atomic E-state index is 10.6. The van der Waals surface area contributed by atoms with Gasteiger partial charge < -0.3 is 9.47 Å². The first kappa shape index (κ1) is 14.6. The Hall–Kier alpha value is -1.45. The molecule has 5 nitrogen and oxygen atoms in total. The van der Waals surface area contributed by atoms with E-state index in [2.05, 4.69) is 11.6 Å². The Balaban J connectivity index is 3.06. The van der Waals surface area contributed by atoms with Gasteiger partial charge in [0.05, 0.1) is 13.2 Å². The molecule has 0 aliphatic heterocycles. The number of ether oxygens (including phenoxy) is 2. The molecule has 5 heteroatoms. The van der Waals surface area contributed by atoms with Crippen molar-refractivity contribution in [2.75, 3.05) is 26.4 Å².